The molecular formula is C33H32BrN7O3. The molecule has 224 valence electrons. The number of aromatic nitrogens is 1. The number of aromatic amines is 1. The maximum absolute atomic E-state index is 13.8. The Morgan fingerprint density at radius 2 is 1.64 bits per heavy atom. The minimum atomic E-state index is -0.915. The van der Waals surface area contributed by atoms with Gasteiger partial charge in [-0.15, -0.1) is 0 Å². The monoisotopic (exact) mass is 653 g/mol. The molecule has 1 unspecified atom stereocenters. The van der Waals surface area contributed by atoms with Crippen molar-refractivity contribution >= 4 is 67.0 Å². The number of anilines is 1. The van der Waals surface area contributed by atoms with E-state index in [9.17, 15) is 14.4 Å². The number of H-pyrrole nitrogens is 1. The molecule has 1 atom stereocenters. The number of nitrogens with two attached hydrogens (primary N) is 1. The van der Waals surface area contributed by atoms with Gasteiger partial charge in [-0.1, -0.05) is 64.5 Å². The quantitative estimate of drug-likeness (QED) is 0.0753. The number of hydrogen-bond acceptors (Lipinski definition) is 4. The van der Waals surface area contributed by atoms with Gasteiger partial charge in [0.1, 0.15) is 6.04 Å². The molecule has 5 aromatic rings. The lowest BCUT2D eigenvalue weighted by Gasteiger charge is -2.20. The SMILES string of the molecule is CN=C(N)NCCNC(=O)C(Cc1c[nH]c2ccccc12)NC(=O)c1cc(Br)ccc1NC(=O)c1ccc2ccccc2c1. The lowest BCUT2D eigenvalue weighted by atomic mass is 10.0. The zero-order chi connectivity index (χ0) is 31.1. The molecule has 0 fully saturated rings. The highest BCUT2D eigenvalue weighted by Gasteiger charge is 2.25. The third-order valence-electron chi connectivity index (χ3n) is 7.18. The van der Waals surface area contributed by atoms with Crippen LogP contribution >= 0.6 is 15.9 Å². The number of hydrogen-bond donors (Lipinski definition) is 6. The Morgan fingerprint density at radius 3 is 2.45 bits per heavy atom. The first-order valence-electron chi connectivity index (χ1n) is 14.0. The molecule has 0 aliphatic heterocycles. The van der Waals surface area contributed by atoms with E-state index in [-0.39, 0.29) is 36.3 Å². The molecule has 0 bridgehead atoms. The molecule has 0 spiro atoms. The van der Waals surface area contributed by atoms with E-state index in [0.717, 1.165) is 27.2 Å². The van der Waals surface area contributed by atoms with Gasteiger partial charge in [-0.2, -0.15) is 0 Å². The number of amides is 3. The minimum absolute atomic E-state index is 0.207. The fourth-order valence-corrected chi connectivity index (χ4v) is 5.24. The second-order valence-corrected chi connectivity index (χ2v) is 11.0. The second kappa shape index (κ2) is 13.9. The van der Waals surface area contributed by atoms with Gasteiger partial charge in [0.2, 0.25) is 5.91 Å². The van der Waals surface area contributed by atoms with Crippen molar-refractivity contribution in [2.24, 2.45) is 10.7 Å². The van der Waals surface area contributed by atoms with E-state index in [1.165, 1.54) is 0 Å². The van der Waals surface area contributed by atoms with Crippen LogP contribution in [-0.2, 0) is 11.2 Å². The van der Waals surface area contributed by atoms with Crippen molar-refractivity contribution in [3.8, 4) is 0 Å². The number of fused-ring (bicyclic) bond motifs is 2. The molecule has 44 heavy (non-hydrogen) atoms. The average Bonchev–Trinajstić information content (AvgIpc) is 3.45. The third-order valence-corrected chi connectivity index (χ3v) is 7.67. The number of nitrogens with one attached hydrogen (secondary N) is 5. The van der Waals surface area contributed by atoms with Crippen molar-refractivity contribution < 1.29 is 14.4 Å². The zero-order valence-electron chi connectivity index (χ0n) is 24.0. The molecule has 11 heteroatoms. The van der Waals surface area contributed by atoms with Gasteiger partial charge in [0, 0.05) is 53.7 Å². The van der Waals surface area contributed by atoms with Crippen LogP contribution in [0.15, 0.2) is 101 Å². The number of benzene rings is 4. The molecule has 0 saturated heterocycles. The van der Waals surface area contributed by atoms with Gasteiger partial charge in [-0.05, 0) is 52.7 Å². The van der Waals surface area contributed by atoms with Gasteiger partial charge < -0.3 is 32.0 Å². The van der Waals surface area contributed by atoms with Crippen molar-refractivity contribution in [2.45, 2.75) is 12.5 Å². The number of carbonyl (C=O) groups is 3. The van der Waals surface area contributed by atoms with Crippen molar-refractivity contribution in [2.75, 3.05) is 25.5 Å². The number of nitrogens with zero attached hydrogens (tertiary/aromatic N) is 1. The number of guanidine groups is 1. The largest absolute Gasteiger partial charge is 0.370 e. The van der Waals surface area contributed by atoms with Crippen molar-refractivity contribution in [3.63, 3.8) is 0 Å². The Morgan fingerprint density at radius 1 is 0.886 bits per heavy atom. The van der Waals surface area contributed by atoms with Crippen molar-refractivity contribution in [1.82, 2.24) is 20.9 Å². The number of rotatable bonds is 10. The number of carbonyl (C=O) groups excluding carboxylic acids is 3. The van der Waals surface area contributed by atoms with Crippen LogP contribution in [0.1, 0.15) is 26.3 Å². The first-order valence-corrected chi connectivity index (χ1v) is 14.8. The molecule has 0 aliphatic carbocycles. The topological polar surface area (TPSA) is 153 Å². The highest BCUT2D eigenvalue weighted by molar-refractivity contribution is 9.10. The van der Waals surface area contributed by atoms with E-state index in [1.807, 2.05) is 60.8 Å². The summed E-state index contributed by atoms with van der Waals surface area (Å²) in [5, 5.41) is 14.4. The first kappa shape index (κ1) is 30.3. The summed E-state index contributed by atoms with van der Waals surface area (Å²) in [4.78, 5) is 47.5. The molecular weight excluding hydrogens is 622 g/mol. The van der Waals surface area contributed by atoms with Gasteiger partial charge in [0.05, 0.1) is 11.3 Å². The van der Waals surface area contributed by atoms with Gasteiger partial charge in [-0.25, -0.2) is 0 Å². The van der Waals surface area contributed by atoms with Gasteiger partial charge in [0.15, 0.2) is 5.96 Å². The van der Waals surface area contributed by atoms with Gasteiger partial charge in [-0.3, -0.25) is 19.4 Å². The molecule has 7 N–H and O–H groups in total. The van der Waals surface area contributed by atoms with Crippen LogP contribution < -0.4 is 27.0 Å². The molecule has 1 heterocycles. The normalized spacial score (nSPS) is 12.1. The van der Waals surface area contributed by atoms with Crippen LogP contribution in [0, 0.1) is 0 Å². The molecule has 1 aromatic heterocycles. The van der Waals surface area contributed by atoms with E-state index >= 15 is 0 Å². The summed E-state index contributed by atoms with van der Waals surface area (Å²) in [6.45, 7) is 0.624. The second-order valence-electron chi connectivity index (χ2n) is 10.1. The van der Waals surface area contributed by atoms with Crippen LogP contribution in [-0.4, -0.2) is 54.8 Å². The summed E-state index contributed by atoms with van der Waals surface area (Å²) in [5.74, 6) is -0.979. The fourth-order valence-electron chi connectivity index (χ4n) is 4.88. The highest BCUT2D eigenvalue weighted by atomic mass is 79.9. The Hall–Kier alpha value is -5.16. The van der Waals surface area contributed by atoms with Crippen LogP contribution in [0.4, 0.5) is 5.69 Å². The molecule has 3 amide bonds. The summed E-state index contributed by atoms with van der Waals surface area (Å²) in [5.41, 5.74) is 8.46. The van der Waals surface area contributed by atoms with E-state index in [1.54, 1.807) is 37.4 Å². The lowest BCUT2D eigenvalue weighted by Crippen LogP contribution is -2.49. The summed E-state index contributed by atoms with van der Waals surface area (Å²) < 4.78 is 0.644. The molecule has 10 nitrogen and oxygen atoms in total. The third kappa shape index (κ3) is 7.24. The van der Waals surface area contributed by atoms with Gasteiger partial charge >= 0.3 is 0 Å². The van der Waals surface area contributed by atoms with E-state index in [4.69, 9.17) is 5.73 Å². The summed E-state index contributed by atoms with van der Waals surface area (Å²) >= 11 is 3.43. The Kier molecular flexibility index (Phi) is 9.56. The minimum Gasteiger partial charge on any atom is -0.370 e. The standard InChI is InChI=1S/C33H32BrN7O3/c1-36-33(35)38-15-14-37-32(44)29(17-23-19-39-27-9-5-4-8-25(23)27)41-31(43)26-18-24(34)12-13-28(26)40-30(42)22-11-10-20-6-2-3-7-21(20)16-22/h2-13,16,18-19,29,39H,14-15,17H2,1H3,(H,37,44)(H,40,42)(H,41,43)(H3,35,36,38). The number of halogens is 1. The number of aliphatic imine (C=N–C) groups is 1. The van der Waals surface area contributed by atoms with Crippen LogP contribution in [0.5, 0.6) is 0 Å². The first-order chi connectivity index (χ1) is 21.3. The Bertz CT molecular complexity index is 1870. The Labute approximate surface area is 262 Å². The predicted molar refractivity (Wildman–Crippen MR) is 178 cm³/mol. The maximum atomic E-state index is 13.8. The molecule has 5 rings (SSSR count). The van der Waals surface area contributed by atoms with Crippen LogP contribution in [0.25, 0.3) is 21.7 Å². The molecule has 4 aromatic carbocycles. The van der Waals surface area contributed by atoms with Crippen molar-refractivity contribution in [3.05, 3.63) is 112 Å². The smallest absolute Gasteiger partial charge is 0.255 e. The summed E-state index contributed by atoms with van der Waals surface area (Å²) in [6, 6.07) is 25.0. The summed E-state index contributed by atoms with van der Waals surface area (Å²) in [7, 11) is 1.56. The fraction of sp³-hybridized carbons (Fsp3) is 0.152. The zero-order valence-corrected chi connectivity index (χ0v) is 25.6. The maximum Gasteiger partial charge on any atom is 0.255 e. The van der Waals surface area contributed by atoms with E-state index in [2.05, 4.69) is 47.2 Å². The molecule has 0 saturated carbocycles. The Balaban J connectivity index is 1.37. The van der Waals surface area contributed by atoms with E-state index < -0.39 is 11.9 Å². The highest BCUT2D eigenvalue weighted by Crippen LogP contribution is 2.24. The van der Waals surface area contributed by atoms with E-state index in [0.29, 0.717) is 22.3 Å². The van der Waals surface area contributed by atoms with Crippen molar-refractivity contribution in [1.29, 1.82) is 0 Å². The lowest BCUT2D eigenvalue weighted by molar-refractivity contribution is -0.122. The average molecular weight is 655 g/mol. The van der Waals surface area contributed by atoms with Crippen LogP contribution in [0.3, 0.4) is 0 Å². The predicted octanol–water partition coefficient (Wildman–Crippen LogP) is 4.33. The summed E-state index contributed by atoms with van der Waals surface area (Å²) in [6.07, 6.45) is 2.08. The van der Waals surface area contributed by atoms with Crippen LogP contribution in [0.2, 0.25) is 0 Å². The number of para-hydroxylation sites is 1. The molecule has 0 aliphatic rings. The molecule has 0 radical (unpaired) electrons. The van der Waals surface area contributed by atoms with Gasteiger partial charge in [0.25, 0.3) is 11.8 Å².